The molecule has 7 heteroatoms. The predicted octanol–water partition coefficient (Wildman–Crippen LogP) is 4.25. The first kappa shape index (κ1) is 19.7. The first-order valence-electron chi connectivity index (χ1n) is 8.54. The standard InChI is InChI=1S/C21H18BrN3O3/c22-17-9-10-19(23-12-17)25-21(27)16-7-4-8-18(11-16)24-20(26)14-28-13-15-5-2-1-3-6-15/h1-12H,13-14H2,(H,24,26)(H,23,25,27). The normalized spacial score (nSPS) is 10.3. The number of rotatable bonds is 7. The fourth-order valence-electron chi connectivity index (χ4n) is 2.41. The maximum absolute atomic E-state index is 12.4. The summed E-state index contributed by atoms with van der Waals surface area (Å²) in [4.78, 5) is 28.5. The maximum Gasteiger partial charge on any atom is 0.256 e. The van der Waals surface area contributed by atoms with Crippen LogP contribution in [0, 0.1) is 0 Å². The SMILES string of the molecule is O=C(COCc1ccccc1)Nc1cccc(C(=O)Nc2ccc(Br)cn2)c1. The van der Waals surface area contributed by atoms with Gasteiger partial charge in [0.2, 0.25) is 5.91 Å². The van der Waals surface area contributed by atoms with Gasteiger partial charge in [0.25, 0.3) is 5.91 Å². The lowest BCUT2D eigenvalue weighted by molar-refractivity contribution is -0.121. The highest BCUT2D eigenvalue weighted by atomic mass is 79.9. The van der Waals surface area contributed by atoms with Gasteiger partial charge in [-0.15, -0.1) is 0 Å². The van der Waals surface area contributed by atoms with Crippen molar-refractivity contribution >= 4 is 39.2 Å². The number of nitrogens with one attached hydrogen (secondary N) is 2. The van der Waals surface area contributed by atoms with Crippen LogP contribution in [0.25, 0.3) is 0 Å². The molecule has 0 aliphatic heterocycles. The van der Waals surface area contributed by atoms with Crippen molar-refractivity contribution in [3.8, 4) is 0 Å². The Labute approximate surface area is 171 Å². The average Bonchev–Trinajstić information content (AvgIpc) is 2.71. The molecule has 1 heterocycles. The van der Waals surface area contributed by atoms with Crippen LogP contribution in [0.2, 0.25) is 0 Å². The first-order chi connectivity index (χ1) is 13.6. The zero-order valence-electron chi connectivity index (χ0n) is 14.9. The van der Waals surface area contributed by atoms with Crippen LogP contribution in [0.3, 0.4) is 0 Å². The Morgan fingerprint density at radius 1 is 0.964 bits per heavy atom. The minimum Gasteiger partial charge on any atom is -0.367 e. The van der Waals surface area contributed by atoms with E-state index in [1.54, 1.807) is 42.6 Å². The molecule has 1 aromatic heterocycles. The van der Waals surface area contributed by atoms with Crippen molar-refractivity contribution in [2.75, 3.05) is 17.2 Å². The van der Waals surface area contributed by atoms with Gasteiger partial charge in [-0.3, -0.25) is 9.59 Å². The van der Waals surface area contributed by atoms with Crippen molar-refractivity contribution in [1.82, 2.24) is 4.98 Å². The number of carbonyl (C=O) groups is 2. The summed E-state index contributed by atoms with van der Waals surface area (Å²) in [6.45, 7) is 0.283. The Hall–Kier alpha value is -3.03. The van der Waals surface area contributed by atoms with Crippen molar-refractivity contribution in [2.45, 2.75) is 6.61 Å². The third-order valence-corrected chi connectivity index (χ3v) is 4.19. The molecule has 0 saturated carbocycles. The van der Waals surface area contributed by atoms with Gasteiger partial charge >= 0.3 is 0 Å². The number of benzene rings is 2. The van der Waals surface area contributed by atoms with Crippen molar-refractivity contribution in [1.29, 1.82) is 0 Å². The summed E-state index contributed by atoms with van der Waals surface area (Å²) in [7, 11) is 0. The second-order valence-electron chi connectivity index (χ2n) is 5.92. The summed E-state index contributed by atoms with van der Waals surface area (Å²) >= 11 is 3.29. The molecule has 3 aromatic rings. The molecule has 3 rings (SSSR count). The third kappa shape index (κ3) is 6.00. The number of hydrogen-bond donors (Lipinski definition) is 2. The van der Waals surface area contributed by atoms with E-state index in [9.17, 15) is 9.59 Å². The van der Waals surface area contributed by atoms with Crippen molar-refractivity contribution in [2.24, 2.45) is 0 Å². The average molecular weight is 440 g/mol. The minimum atomic E-state index is -0.314. The molecule has 0 spiro atoms. The van der Waals surface area contributed by atoms with E-state index in [1.165, 1.54) is 0 Å². The molecule has 28 heavy (non-hydrogen) atoms. The van der Waals surface area contributed by atoms with E-state index in [0.29, 0.717) is 23.7 Å². The fourth-order valence-corrected chi connectivity index (χ4v) is 2.64. The molecule has 2 amide bonds. The van der Waals surface area contributed by atoms with E-state index in [4.69, 9.17) is 4.74 Å². The zero-order chi connectivity index (χ0) is 19.8. The highest BCUT2D eigenvalue weighted by Gasteiger charge is 2.09. The Balaban J connectivity index is 1.52. The summed E-state index contributed by atoms with van der Waals surface area (Å²) in [6, 6.07) is 19.8. The summed E-state index contributed by atoms with van der Waals surface area (Å²) < 4.78 is 6.24. The van der Waals surface area contributed by atoms with Gasteiger partial charge < -0.3 is 15.4 Å². The van der Waals surface area contributed by atoms with Gasteiger partial charge in [0.15, 0.2) is 0 Å². The molecule has 0 aliphatic rings. The second kappa shape index (κ2) is 9.77. The smallest absolute Gasteiger partial charge is 0.256 e. The Bertz CT molecular complexity index is 947. The maximum atomic E-state index is 12.4. The molecule has 2 aromatic carbocycles. The Morgan fingerprint density at radius 3 is 2.54 bits per heavy atom. The third-order valence-electron chi connectivity index (χ3n) is 3.72. The van der Waals surface area contributed by atoms with Gasteiger partial charge in [0.1, 0.15) is 12.4 Å². The molecule has 0 bridgehead atoms. The van der Waals surface area contributed by atoms with Crippen molar-refractivity contribution < 1.29 is 14.3 Å². The van der Waals surface area contributed by atoms with E-state index < -0.39 is 0 Å². The van der Waals surface area contributed by atoms with E-state index in [1.807, 2.05) is 30.3 Å². The summed E-state index contributed by atoms with van der Waals surface area (Å²) in [5.74, 6) is -0.161. The number of ether oxygens (including phenoxy) is 1. The van der Waals surface area contributed by atoms with Crippen LogP contribution in [-0.4, -0.2) is 23.4 Å². The molecule has 142 valence electrons. The van der Waals surface area contributed by atoms with Crippen LogP contribution in [0.15, 0.2) is 77.4 Å². The van der Waals surface area contributed by atoms with E-state index >= 15 is 0 Å². The number of amides is 2. The van der Waals surface area contributed by atoms with Crippen molar-refractivity contribution in [3.05, 3.63) is 88.5 Å². The minimum absolute atomic E-state index is 0.0753. The molecule has 0 radical (unpaired) electrons. The predicted molar refractivity (Wildman–Crippen MR) is 111 cm³/mol. The molecule has 6 nitrogen and oxygen atoms in total. The van der Waals surface area contributed by atoms with Crippen molar-refractivity contribution in [3.63, 3.8) is 0 Å². The van der Waals surface area contributed by atoms with Gasteiger partial charge in [0, 0.05) is 21.9 Å². The lowest BCUT2D eigenvalue weighted by Gasteiger charge is -2.09. The quantitative estimate of drug-likeness (QED) is 0.576. The van der Waals surface area contributed by atoms with Crippen LogP contribution in [0.5, 0.6) is 0 Å². The summed E-state index contributed by atoms with van der Waals surface area (Å²) in [5, 5.41) is 5.44. The van der Waals surface area contributed by atoms with Gasteiger partial charge in [-0.25, -0.2) is 4.98 Å². The van der Waals surface area contributed by atoms with E-state index in [-0.39, 0.29) is 18.4 Å². The largest absolute Gasteiger partial charge is 0.367 e. The monoisotopic (exact) mass is 439 g/mol. The number of hydrogen-bond acceptors (Lipinski definition) is 4. The summed E-state index contributed by atoms with van der Waals surface area (Å²) in [5.41, 5.74) is 1.92. The van der Waals surface area contributed by atoms with E-state index in [0.717, 1.165) is 10.0 Å². The first-order valence-corrected chi connectivity index (χ1v) is 9.34. The number of carbonyl (C=O) groups excluding carboxylic acids is 2. The molecule has 2 N–H and O–H groups in total. The molecule has 0 aliphatic carbocycles. The van der Waals surface area contributed by atoms with Crippen LogP contribution in [0.1, 0.15) is 15.9 Å². The number of anilines is 2. The van der Waals surface area contributed by atoms with Crippen LogP contribution >= 0.6 is 15.9 Å². The fraction of sp³-hybridized carbons (Fsp3) is 0.0952. The summed E-state index contributed by atoms with van der Waals surface area (Å²) in [6.07, 6.45) is 1.60. The molecular formula is C21H18BrN3O3. The van der Waals surface area contributed by atoms with Crippen LogP contribution in [-0.2, 0) is 16.1 Å². The van der Waals surface area contributed by atoms with Crippen LogP contribution in [0.4, 0.5) is 11.5 Å². The van der Waals surface area contributed by atoms with Gasteiger partial charge in [-0.1, -0.05) is 36.4 Å². The molecule has 0 fully saturated rings. The highest BCUT2D eigenvalue weighted by Crippen LogP contribution is 2.14. The Kier molecular flexibility index (Phi) is 6.89. The number of nitrogens with zero attached hydrogens (tertiary/aromatic N) is 1. The molecule has 0 saturated heterocycles. The molecule has 0 atom stereocenters. The van der Waals surface area contributed by atoms with Gasteiger partial charge in [-0.05, 0) is 51.8 Å². The lowest BCUT2D eigenvalue weighted by atomic mass is 10.2. The van der Waals surface area contributed by atoms with Gasteiger partial charge in [-0.2, -0.15) is 0 Å². The Morgan fingerprint density at radius 2 is 1.79 bits per heavy atom. The number of halogens is 1. The second-order valence-corrected chi connectivity index (χ2v) is 6.84. The number of aromatic nitrogens is 1. The van der Waals surface area contributed by atoms with Gasteiger partial charge in [0.05, 0.1) is 6.61 Å². The topological polar surface area (TPSA) is 80.3 Å². The lowest BCUT2D eigenvalue weighted by Crippen LogP contribution is -2.19. The zero-order valence-corrected chi connectivity index (χ0v) is 16.5. The highest BCUT2D eigenvalue weighted by molar-refractivity contribution is 9.10. The molecular weight excluding hydrogens is 422 g/mol. The van der Waals surface area contributed by atoms with E-state index in [2.05, 4.69) is 31.5 Å². The number of pyridine rings is 1. The molecule has 0 unspecified atom stereocenters. The van der Waals surface area contributed by atoms with Crippen LogP contribution < -0.4 is 10.6 Å².